The number of rotatable bonds is 3. The summed E-state index contributed by atoms with van der Waals surface area (Å²) in [6.45, 7) is 12.2. The minimum atomic E-state index is -0.340. The van der Waals surface area contributed by atoms with Gasteiger partial charge in [0.1, 0.15) is 5.76 Å². The molecule has 0 atom stereocenters. The SMILES string of the molecule is CC.CCc1ccc(NC(=O)Nc2cc(C(C)(C)C)on2)cc1. The molecule has 2 amide bonds. The number of urea groups is 1. The van der Waals surface area contributed by atoms with Crippen LogP contribution >= 0.6 is 0 Å². The number of hydrogen-bond donors (Lipinski definition) is 2. The molecule has 1 aromatic heterocycles. The lowest BCUT2D eigenvalue weighted by molar-refractivity contribution is 0.262. The van der Waals surface area contributed by atoms with Gasteiger partial charge in [0.25, 0.3) is 0 Å². The van der Waals surface area contributed by atoms with Crippen molar-refractivity contribution in [2.45, 2.75) is 53.4 Å². The minimum Gasteiger partial charge on any atom is -0.359 e. The third-order valence-corrected chi connectivity index (χ3v) is 3.11. The zero-order valence-corrected chi connectivity index (χ0v) is 14.9. The van der Waals surface area contributed by atoms with Crippen LogP contribution in [0, 0.1) is 0 Å². The molecule has 5 heteroatoms. The number of benzene rings is 1. The topological polar surface area (TPSA) is 67.2 Å². The first-order valence-electron chi connectivity index (χ1n) is 8.02. The van der Waals surface area contributed by atoms with Crippen molar-refractivity contribution in [2.24, 2.45) is 0 Å². The first-order valence-corrected chi connectivity index (χ1v) is 8.02. The Labute approximate surface area is 138 Å². The van der Waals surface area contributed by atoms with E-state index in [1.54, 1.807) is 6.07 Å². The molecule has 0 fully saturated rings. The summed E-state index contributed by atoms with van der Waals surface area (Å²) in [5, 5.41) is 9.26. The molecule has 2 N–H and O–H groups in total. The van der Waals surface area contributed by atoms with E-state index in [-0.39, 0.29) is 11.4 Å². The average Bonchev–Trinajstić information content (AvgIpc) is 2.98. The number of nitrogens with one attached hydrogen (secondary N) is 2. The van der Waals surface area contributed by atoms with Gasteiger partial charge in [-0.2, -0.15) is 0 Å². The Morgan fingerprint density at radius 3 is 2.22 bits per heavy atom. The molecule has 0 unspecified atom stereocenters. The number of carbonyl (C=O) groups excluding carboxylic acids is 1. The summed E-state index contributed by atoms with van der Waals surface area (Å²) in [6, 6.07) is 9.13. The molecule has 0 saturated carbocycles. The number of hydrogen-bond acceptors (Lipinski definition) is 3. The third kappa shape index (κ3) is 5.77. The first-order chi connectivity index (χ1) is 10.9. The van der Waals surface area contributed by atoms with Crippen molar-refractivity contribution >= 4 is 17.5 Å². The highest BCUT2D eigenvalue weighted by Crippen LogP contribution is 2.24. The largest absolute Gasteiger partial charge is 0.359 e. The van der Waals surface area contributed by atoms with Crippen LogP contribution in [-0.2, 0) is 11.8 Å². The van der Waals surface area contributed by atoms with Crippen molar-refractivity contribution in [3.8, 4) is 0 Å². The van der Waals surface area contributed by atoms with Crippen LogP contribution in [0.5, 0.6) is 0 Å². The molecule has 23 heavy (non-hydrogen) atoms. The summed E-state index contributed by atoms with van der Waals surface area (Å²) in [6.07, 6.45) is 0.973. The highest BCUT2D eigenvalue weighted by molar-refractivity contribution is 5.99. The summed E-state index contributed by atoms with van der Waals surface area (Å²) in [5.41, 5.74) is 1.83. The van der Waals surface area contributed by atoms with E-state index in [4.69, 9.17) is 4.52 Å². The van der Waals surface area contributed by atoms with Gasteiger partial charge < -0.3 is 9.84 Å². The molecule has 0 bridgehead atoms. The van der Waals surface area contributed by atoms with Crippen molar-refractivity contribution in [1.82, 2.24) is 5.16 Å². The van der Waals surface area contributed by atoms with Crippen molar-refractivity contribution in [2.75, 3.05) is 10.6 Å². The van der Waals surface area contributed by atoms with Gasteiger partial charge in [-0.15, -0.1) is 0 Å². The minimum absolute atomic E-state index is 0.139. The van der Waals surface area contributed by atoms with Crippen molar-refractivity contribution < 1.29 is 9.32 Å². The second-order valence-electron chi connectivity index (χ2n) is 5.96. The fourth-order valence-electron chi connectivity index (χ4n) is 1.79. The lowest BCUT2D eigenvalue weighted by atomic mass is 9.93. The van der Waals surface area contributed by atoms with E-state index in [0.29, 0.717) is 5.82 Å². The van der Waals surface area contributed by atoms with Crippen LogP contribution in [0.25, 0.3) is 0 Å². The van der Waals surface area contributed by atoms with E-state index >= 15 is 0 Å². The molecule has 0 aliphatic heterocycles. The number of nitrogens with zero attached hydrogens (tertiary/aromatic N) is 1. The molecule has 0 aliphatic carbocycles. The number of aryl methyl sites for hydroxylation is 1. The summed E-state index contributed by atoms with van der Waals surface area (Å²) in [4.78, 5) is 11.9. The van der Waals surface area contributed by atoms with Gasteiger partial charge in [-0.1, -0.05) is 58.8 Å². The van der Waals surface area contributed by atoms with Crippen LogP contribution in [0.3, 0.4) is 0 Å². The highest BCUT2D eigenvalue weighted by atomic mass is 16.5. The summed E-state index contributed by atoms with van der Waals surface area (Å²) in [5.74, 6) is 1.13. The molecule has 0 aliphatic rings. The van der Waals surface area contributed by atoms with Crippen LogP contribution < -0.4 is 10.6 Å². The lowest BCUT2D eigenvalue weighted by Crippen LogP contribution is -2.19. The van der Waals surface area contributed by atoms with Crippen LogP contribution in [0.4, 0.5) is 16.3 Å². The first kappa shape index (κ1) is 18.7. The van der Waals surface area contributed by atoms with Crippen LogP contribution in [0.2, 0.25) is 0 Å². The van der Waals surface area contributed by atoms with Crippen LogP contribution in [0.1, 0.15) is 52.9 Å². The standard InChI is InChI=1S/C16H21N3O2.C2H6/c1-5-11-6-8-12(9-7-11)17-15(20)18-14-10-13(21-19-14)16(2,3)4;1-2/h6-10H,5H2,1-4H3,(H2,17,18,19,20);1-2H3. The predicted octanol–water partition coefficient (Wildman–Crippen LogP) is 5.20. The molecular weight excluding hydrogens is 290 g/mol. The average molecular weight is 317 g/mol. The van der Waals surface area contributed by atoms with E-state index in [9.17, 15) is 4.79 Å². The molecular formula is C18H27N3O2. The van der Waals surface area contributed by atoms with E-state index in [0.717, 1.165) is 17.9 Å². The quantitative estimate of drug-likeness (QED) is 0.817. The molecule has 2 rings (SSSR count). The lowest BCUT2D eigenvalue weighted by Gasteiger charge is -2.12. The molecule has 126 valence electrons. The Morgan fingerprint density at radius 2 is 1.74 bits per heavy atom. The zero-order chi connectivity index (χ0) is 17.5. The molecule has 0 spiro atoms. The Kier molecular flexibility index (Phi) is 6.82. The van der Waals surface area contributed by atoms with Gasteiger partial charge in [0.05, 0.1) is 0 Å². The number of amides is 2. The van der Waals surface area contributed by atoms with Crippen molar-refractivity contribution in [3.05, 3.63) is 41.7 Å². The second kappa shape index (κ2) is 8.36. The Morgan fingerprint density at radius 1 is 1.13 bits per heavy atom. The van der Waals surface area contributed by atoms with E-state index in [2.05, 4.69) is 22.7 Å². The predicted molar refractivity (Wildman–Crippen MR) is 95.0 cm³/mol. The molecule has 1 heterocycles. The normalized spacial score (nSPS) is 10.5. The Hall–Kier alpha value is -2.30. The second-order valence-corrected chi connectivity index (χ2v) is 5.96. The van der Waals surface area contributed by atoms with E-state index < -0.39 is 0 Å². The van der Waals surface area contributed by atoms with Crippen LogP contribution in [-0.4, -0.2) is 11.2 Å². The monoisotopic (exact) mass is 317 g/mol. The number of carbonyl (C=O) groups is 1. The maximum Gasteiger partial charge on any atom is 0.324 e. The van der Waals surface area contributed by atoms with Gasteiger partial charge >= 0.3 is 6.03 Å². The van der Waals surface area contributed by atoms with E-state index in [1.807, 2.05) is 58.9 Å². The maximum absolute atomic E-state index is 11.9. The summed E-state index contributed by atoms with van der Waals surface area (Å²) >= 11 is 0. The Bertz CT molecular complexity index is 610. The van der Waals surface area contributed by atoms with Crippen molar-refractivity contribution in [3.63, 3.8) is 0 Å². The van der Waals surface area contributed by atoms with Gasteiger partial charge in [0, 0.05) is 17.2 Å². The maximum atomic E-state index is 11.9. The molecule has 0 radical (unpaired) electrons. The van der Waals surface area contributed by atoms with Crippen molar-refractivity contribution in [1.29, 1.82) is 0 Å². The molecule has 2 aromatic rings. The van der Waals surface area contributed by atoms with Gasteiger partial charge in [-0.05, 0) is 24.1 Å². The Balaban J connectivity index is 0.00000127. The van der Waals surface area contributed by atoms with E-state index in [1.165, 1.54) is 5.56 Å². The smallest absolute Gasteiger partial charge is 0.324 e. The zero-order valence-electron chi connectivity index (χ0n) is 14.9. The highest BCUT2D eigenvalue weighted by Gasteiger charge is 2.20. The summed E-state index contributed by atoms with van der Waals surface area (Å²) < 4.78 is 5.22. The summed E-state index contributed by atoms with van der Waals surface area (Å²) in [7, 11) is 0. The molecule has 0 saturated heterocycles. The van der Waals surface area contributed by atoms with Gasteiger partial charge in [0.15, 0.2) is 5.82 Å². The van der Waals surface area contributed by atoms with Crippen LogP contribution in [0.15, 0.2) is 34.9 Å². The number of anilines is 2. The van der Waals surface area contributed by atoms with Gasteiger partial charge in [-0.3, -0.25) is 5.32 Å². The fourth-order valence-corrected chi connectivity index (χ4v) is 1.79. The third-order valence-electron chi connectivity index (χ3n) is 3.11. The molecule has 5 nitrogen and oxygen atoms in total. The van der Waals surface area contributed by atoms with Gasteiger partial charge in [0.2, 0.25) is 0 Å². The fraction of sp³-hybridized carbons (Fsp3) is 0.444. The van der Waals surface area contributed by atoms with Gasteiger partial charge in [-0.25, -0.2) is 4.79 Å². The number of aromatic nitrogens is 1. The molecule has 1 aromatic carbocycles.